The first kappa shape index (κ1) is 11.2. The lowest BCUT2D eigenvalue weighted by molar-refractivity contribution is 0.122. The Labute approximate surface area is 114 Å². The lowest BCUT2D eigenvalue weighted by Gasteiger charge is -2.28. The van der Waals surface area contributed by atoms with Gasteiger partial charge in [-0.2, -0.15) is 0 Å². The maximum Gasteiger partial charge on any atom is 0.136 e. The van der Waals surface area contributed by atoms with Gasteiger partial charge in [0.05, 0.1) is 13.2 Å². The summed E-state index contributed by atoms with van der Waals surface area (Å²) in [6.45, 7) is 3.45. The predicted octanol–water partition coefficient (Wildman–Crippen LogP) is 2.68. The molecule has 0 radical (unpaired) electrons. The minimum absolute atomic E-state index is 0.794. The van der Waals surface area contributed by atoms with Gasteiger partial charge in [-0.05, 0) is 52.2 Å². The molecular formula is C13H13IN2O. The molecule has 2 heterocycles. The van der Waals surface area contributed by atoms with Gasteiger partial charge in [0.2, 0.25) is 0 Å². The second kappa shape index (κ2) is 4.78. The summed E-state index contributed by atoms with van der Waals surface area (Å²) in [6.07, 6.45) is 1.89. The van der Waals surface area contributed by atoms with E-state index >= 15 is 0 Å². The van der Waals surface area contributed by atoms with Crippen molar-refractivity contribution in [3.8, 4) is 0 Å². The van der Waals surface area contributed by atoms with Gasteiger partial charge in [0.1, 0.15) is 5.82 Å². The van der Waals surface area contributed by atoms with Crippen molar-refractivity contribution in [2.75, 3.05) is 31.2 Å². The van der Waals surface area contributed by atoms with Crippen LogP contribution in [0, 0.1) is 3.57 Å². The first-order valence-electron chi connectivity index (χ1n) is 5.71. The fourth-order valence-corrected chi connectivity index (χ4v) is 2.68. The van der Waals surface area contributed by atoms with Crippen molar-refractivity contribution in [2.24, 2.45) is 0 Å². The van der Waals surface area contributed by atoms with Crippen molar-refractivity contribution < 1.29 is 4.74 Å². The van der Waals surface area contributed by atoms with Crippen molar-refractivity contribution in [3.05, 3.63) is 34.0 Å². The zero-order chi connectivity index (χ0) is 11.7. The Hall–Kier alpha value is -0.880. The monoisotopic (exact) mass is 340 g/mol. The molecule has 0 aliphatic carbocycles. The van der Waals surface area contributed by atoms with Crippen LogP contribution in [-0.2, 0) is 4.74 Å². The summed E-state index contributed by atoms with van der Waals surface area (Å²) < 4.78 is 6.64. The van der Waals surface area contributed by atoms with Crippen molar-refractivity contribution in [1.29, 1.82) is 0 Å². The van der Waals surface area contributed by atoms with E-state index in [9.17, 15) is 0 Å². The summed E-state index contributed by atoms with van der Waals surface area (Å²) in [5, 5.41) is 2.49. The standard InChI is InChI=1S/C13H13IN2O/c14-11-1-2-12-10(9-11)3-4-15-13(12)16-5-7-17-8-6-16/h1-4,9H,5-8H2. The highest BCUT2D eigenvalue weighted by molar-refractivity contribution is 14.1. The molecule has 1 aromatic heterocycles. The first-order chi connectivity index (χ1) is 8.34. The average Bonchev–Trinajstić information content (AvgIpc) is 2.39. The van der Waals surface area contributed by atoms with Crippen LogP contribution in [0.2, 0.25) is 0 Å². The number of benzene rings is 1. The smallest absolute Gasteiger partial charge is 0.136 e. The molecule has 17 heavy (non-hydrogen) atoms. The van der Waals surface area contributed by atoms with Gasteiger partial charge in [-0.15, -0.1) is 0 Å². The molecule has 0 atom stereocenters. The molecule has 0 saturated carbocycles. The number of halogens is 1. The third kappa shape index (κ3) is 2.24. The third-order valence-electron chi connectivity index (χ3n) is 3.02. The van der Waals surface area contributed by atoms with Gasteiger partial charge in [-0.25, -0.2) is 4.98 Å². The predicted molar refractivity (Wildman–Crippen MR) is 77.5 cm³/mol. The van der Waals surface area contributed by atoms with Crippen LogP contribution < -0.4 is 4.90 Å². The normalized spacial score (nSPS) is 16.4. The van der Waals surface area contributed by atoms with Crippen LogP contribution in [0.3, 0.4) is 0 Å². The SMILES string of the molecule is Ic1ccc2c(N3CCOCC3)nccc2c1. The highest BCUT2D eigenvalue weighted by Crippen LogP contribution is 2.26. The maximum atomic E-state index is 5.38. The van der Waals surface area contributed by atoms with Gasteiger partial charge in [-0.3, -0.25) is 0 Å². The van der Waals surface area contributed by atoms with Gasteiger partial charge >= 0.3 is 0 Å². The van der Waals surface area contributed by atoms with Gasteiger partial charge in [0.25, 0.3) is 0 Å². The molecule has 88 valence electrons. The maximum absolute atomic E-state index is 5.38. The first-order valence-corrected chi connectivity index (χ1v) is 6.79. The lowest BCUT2D eigenvalue weighted by atomic mass is 10.1. The summed E-state index contributed by atoms with van der Waals surface area (Å²) in [5.74, 6) is 1.09. The highest BCUT2D eigenvalue weighted by atomic mass is 127. The number of nitrogens with zero attached hydrogens (tertiary/aromatic N) is 2. The molecule has 1 saturated heterocycles. The van der Waals surface area contributed by atoms with E-state index in [2.05, 4.69) is 56.7 Å². The van der Waals surface area contributed by atoms with Crippen LogP contribution in [0.1, 0.15) is 0 Å². The zero-order valence-electron chi connectivity index (χ0n) is 9.40. The Morgan fingerprint density at radius 2 is 2.00 bits per heavy atom. The number of ether oxygens (including phenoxy) is 1. The molecule has 0 N–H and O–H groups in total. The number of fused-ring (bicyclic) bond motifs is 1. The number of pyridine rings is 1. The van der Waals surface area contributed by atoms with Crippen LogP contribution in [0.4, 0.5) is 5.82 Å². The summed E-state index contributed by atoms with van der Waals surface area (Å²) >= 11 is 2.34. The van der Waals surface area contributed by atoms with E-state index in [4.69, 9.17) is 4.74 Å². The van der Waals surface area contributed by atoms with E-state index in [0.717, 1.165) is 32.1 Å². The molecule has 1 aliphatic rings. The van der Waals surface area contributed by atoms with Crippen molar-refractivity contribution in [1.82, 2.24) is 4.98 Å². The molecule has 0 amide bonds. The highest BCUT2D eigenvalue weighted by Gasteiger charge is 2.14. The summed E-state index contributed by atoms with van der Waals surface area (Å²) in [7, 11) is 0. The number of hydrogen-bond acceptors (Lipinski definition) is 3. The largest absolute Gasteiger partial charge is 0.378 e. The third-order valence-corrected chi connectivity index (χ3v) is 3.69. The molecule has 1 fully saturated rings. The van der Waals surface area contributed by atoms with E-state index < -0.39 is 0 Å². The van der Waals surface area contributed by atoms with Crippen LogP contribution in [-0.4, -0.2) is 31.3 Å². The minimum Gasteiger partial charge on any atom is -0.378 e. The number of anilines is 1. The summed E-state index contributed by atoms with van der Waals surface area (Å²) in [5.41, 5.74) is 0. The van der Waals surface area contributed by atoms with Gasteiger partial charge in [-0.1, -0.05) is 0 Å². The lowest BCUT2D eigenvalue weighted by Crippen LogP contribution is -2.36. The molecule has 4 heteroatoms. The molecule has 1 aliphatic heterocycles. The number of rotatable bonds is 1. The summed E-state index contributed by atoms with van der Waals surface area (Å²) in [6, 6.07) is 8.56. The van der Waals surface area contributed by atoms with Crippen LogP contribution in [0.25, 0.3) is 10.8 Å². The zero-order valence-corrected chi connectivity index (χ0v) is 11.6. The van der Waals surface area contributed by atoms with Crippen molar-refractivity contribution in [2.45, 2.75) is 0 Å². The van der Waals surface area contributed by atoms with Crippen molar-refractivity contribution >= 4 is 39.2 Å². The minimum atomic E-state index is 0.794. The molecular weight excluding hydrogens is 327 g/mol. The Kier molecular flexibility index (Phi) is 3.15. The van der Waals surface area contributed by atoms with Crippen LogP contribution >= 0.6 is 22.6 Å². The summed E-state index contributed by atoms with van der Waals surface area (Å²) in [4.78, 5) is 6.83. The second-order valence-electron chi connectivity index (χ2n) is 4.10. The molecule has 0 bridgehead atoms. The molecule has 1 aromatic carbocycles. The van der Waals surface area contributed by atoms with E-state index in [1.165, 1.54) is 14.3 Å². The molecule has 3 nitrogen and oxygen atoms in total. The fourth-order valence-electron chi connectivity index (χ4n) is 2.16. The fraction of sp³-hybridized carbons (Fsp3) is 0.308. The Morgan fingerprint density at radius 3 is 2.82 bits per heavy atom. The Bertz CT molecular complexity index is 538. The molecule has 0 spiro atoms. The van der Waals surface area contributed by atoms with E-state index in [1.54, 1.807) is 0 Å². The second-order valence-corrected chi connectivity index (χ2v) is 5.35. The number of aromatic nitrogens is 1. The molecule has 3 rings (SSSR count). The van der Waals surface area contributed by atoms with Crippen LogP contribution in [0.15, 0.2) is 30.5 Å². The Balaban J connectivity index is 2.09. The number of morpholine rings is 1. The topological polar surface area (TPSA) is 25.4 Å². The average molecular weight is 340 g/mol. The van der Waals surface area contributed by atoms with Gasteiger partial charge in [0.15, 0.2) is 0 Å². The molecule has 0 unspecified atom stereocenters. The van der Waals surface area contributed by atoms with E-state index in [1.807, 2.05) is 6.20 Å². The number of hydrogen-bond donors (Lipinski definition) is 0. The van der Waals surface area contributed by atoms with Gasteiger partial charge < -0.3 is 9.64 Å². The van der Waals surface area contributed by atoms with E-state index in [0.29, 0.717) is 0 Å². The molecule has 2 aromatic rings. The van der Waals surface area contributed by atoms with E-state index in [-0.39, 0.29) is 0 Å². The van der Waals surface area contributed by atoms with Gasteiger partial charge in [0, 0.05) is 28.2 Å². The Morgan fingerprint density at radius 1 is 1.18 bits per heavy atom. The van der Waals surface area contributed by atoms with Crippen LogP contribution in [0.5, 0.6) is 0 Å². The van der Waals surface area contributed by atoms with Crippen molar-refractivity contribution in [3.63, 3.8) is 0 Å². The quantitative estimate of drug-likeness (QED) is 0.747.